The zero-order valence-corrected chi connectivity index (χ0v) is 32.9. The van der Waals surface area contributed by atoms with E-state index in [-0.39, 0.29) is 81.7 Å². The number of nitrogens with one attached hydrogen (secondary N) is 4. The third-order valence-corrected chi connectivity index (χ3v) is 9.14. The molecule has 1 fully saturated rings. The highest BCUT2D eigenvalue weighted by Crippen LogP contribution is 2.21. The summed E-state index contributed by atoms with van der Waals surface area (Å²) in [6, 6.07) is -1.11. The molecule has 1 aromatic rings. The Morgan fingerprint density at radius 2 is 1.35 bits per heavy atom. The van der Waals surface area contributed by atoms with E-state index in [4.69, 9.17) is 34.4 Å². The van der Waals surface area contributed by atoms with Crippen LogP contribution in [0.4, 0.5) is 0 Å². The molecule has 18 N–H and O–H groups in total. The molecule has 318 valence electrons. The van der Waals surface area contributed by atoms with Gasteiger partial charge in [0.15, 0.2) is 11.9 Å². The smallest absolute Gasteiger partial charge is 0.245 e. The lowest BCUT2D eigenvalue weighted by atomic mass is 10.0. The normalized spacial score (nSPS) is 16.9. The van der Waals surface area contributed by atoms with Gasteiger partial charge >= 0.3 is 0 Å². The molecule has 0 radical (unpaired) electrons. The minimum Gasteiger partial charge on any atom is -0.508 e. The van der Waals surface area contributed by atoms with Gasteiger partial charge in [0, 0.05) is 26.1 Å². The van der Waals surface area contributed by atoms with Crippen LogP contribution in [0.3, 0.4) is 0 Å². The number of carbonyl (C=O) groups excluding carboxylic acids is 6. The number of hydrogen-bond acceptors (Lipinski definition) is 11. The third kappa shape index (κ3) is 16.5. The molecule has 21 heteroatoms. The predicted octanol–water partition coefficient (Wildman–Crippen LogP) is -3.79. The van der Waals surface area contributed by atoms with Gasteiger partial charge in [0.1, 0.15) is 36.0 Å². The van der Waals surface area contributed by atoms with E-state index in [9.17, 15) is 39.0 Å². The number of aliphatic imine (C=N–C) groups is 2. The summed E-state index contributed by atoms with van der Waals surface area (Å²) < 4.78 is 0. The summed E-state index contributed by atoms with van der Waals surface area (Å²) in [5.41, 5.74) is 34.0. The first-order valence-electron chi connectivity index (χ1n) is 18.9. The zero-order valence-electron chi connectivity index (χ0n) is 32.9. The molecule has 7 atom stereocenters. The number of nitrogens with two attached hydrogens (primary N) is 6. The van der Waals surface area contributed by atoms with Crippen LogP contribution in [0.2, 0.25) is 0 Å². The van der Waals surface area contributed by atoms with Crippen molar-refractivity contribution in [2.75, 3.05) is 19.6 Å². The van der Waals surface area contributed by atoms with Crippen LogP contribution in [0.25, 0.3) is 0 Å². The van der Waals surface area contributed by atoms with Gasteiger partial charge in [-0.2, -0.15) is 0 Å². The van der Waals surface area contributed by atoms with E-state index in [0.717, 1.165) is 0 Å². The van der Waals surface area contributed by atoms with Crippen LogP contribution in [-0.2, 0) is 35.2 Å². The standard InChI is InChI=1S/C36H61N13O8/c1-19(2)17-23(37)30(53)48-28(20(3)50)33(56)46-25(8-5-15-44-36(41)42)34(57)49-16-6-9-27(49)32(55)45-24(7-4-14-43-35(39)40)31(54)47-26(29(38)52)18-21-10-12-22(51)13-11-21/h10-13,19-20,23-28,50-51H,4-9,14-18,37H2,1-3H3,(H2,38,52)(H,45,55)(H,46,56)(H,47,54)(H,48,53)(H4,39,40,43)(H4,41,42,44)/t20-,23+,24+,25+,26+,27+,28+/m1/s1. The Morgan fingerprint density at radius 1 is 0.789 bits per heavy atom. The number of nitrogens with zero attached hydrogens (tertiary/aromatic N) is 3. The van der Waals surface area contributed by atoms with Gasteiger partial charge in [-0.3, -0.25) is 38.8 Å². The Labute approximate surface area is 332 Å². The quantitative estimate of drug-likeness (QED) is 0.0287. The molecule has 0 aliphatic carbocycles. The van der Waals surface area contributed by atoms with Gasteiger partial charge in [0.2, 0.25) is 35.4 Å². The maximum atomic E-state index is 14.2. The average molecular weight is 804 g/mol. The van der Waals surface area contributed by atoms with Gasteiger partial charge in [-0.25, -0.2) is 0 Å². The van der Waals surface area contributed by atoms with Crippen molar-refractivity contribution in [3.8, 4) is 5.75 Å². The van der Waals surface area contributed by atoms with Crippen molar-refractivity contribution in [2.24, 2.45) is 50.3 Å². The molecule has 0 bridgehead atoms. The lowest BCUT2D eigenvalue weighted by molar-refractivity contribution is -0.143. The number of likely N-dealkylation sites (tertiary alicyclic amines) is 1. The van der Waals surface area contributed by atoms with Gasteiger partial charge < -0.3 is 70.8 Å². The molecule has 0 aromatic heterocycles. The molecule has 57 heavy (non-hydrogen) atoms. The summed E-state index contributed by atoms with van der Waals surface area (Å²) >= 11 is 0. The van der Waals surface area contributed by atoms with E-state index in [1.54, 1.807) is 12.1 Å². The maximum Gasteiger partial charge on any atom is 0.245 e. The number of phenols is 1. The summed E-state index contributed by atoms with van der Waals surface area (Å²) in [6.07, 6.45) is 0.129. The molecule has 6 amide bonds. The van der Waals surface area contributed by atoms with Crippen LogP contribution in [0.1, 0.15) is 71.3 Å². The largest absolute Gasteiger partial charge is 0.508 e. The van der Waals surface area contributed by atoms with E-state index >= 15 is 0 Å². The number of benzene rings is 1. The van der Waals surface area contributed by atoms with Gasteiger partial charge in [-0.05, 0) is 75.5 Å². The van der Waals surface area contributed by atoms with Crippen molar-refractivity contribution >= 4 is 47.4 Å². The fraction of sp³-hybridized carbons (Fsp3) is 0.611. The molecule has 1 aliphatic rings. The lowest BCUT2D eigenvalue weighted by Crippen LogP contribution is -2.60. The summed E-state index contributed by atoms with van der Waals surface area (Å²) in [7, 11) is 0. The van der Waals surface area contributed by atoms with Crippen LogP contribution in [0.15, 0.2) is 34.3 Å². The Bertz CT molecular complexity index is 1580. The number of hydrogen-bond donors (Lipinski definition) is 12. The highest BCUT2D eigenvalue weighted by molar-refractivity contribution is 5.97. The number of guanidine groups is 2. The molecule has 0 spiro atoms. The summed E-state index contributed by atoms with van der Waals surface area (Å²) in [6.45, 7) is 5.43. The molecule has 1 saturated heterocycles. The average Bonchev–Trinajstić information content (AvgIpc) is 3.62. The van der Waals surface area contributed by atoms with Crippen molar-refractivity contribution in [1.29, 1.82) is 0 Å². The van der Waals surface area contributed by atoms with Gasteiger partial charge in [0.25, 0.3) is 0 Å². The second-order valence-electron chi connectivity index (χ2n) is 14.5. The molecule has 1 heterocycles. The number of phenolic OH excluding ortho intramolecular Hbond substituents is 1. The Balaban J connectivity index is 2.32. The first kappa shape index (κ1) is 47.5. The predicted molar refractivity (Wildman–Crippen MR) is 212 cm³/mol. The second kappa shape index (κ2) is 23.4. The number of carbonyl (C=O) groups is 6. The summed E-state index contributed by atoms with van der Waals surface area (Å²) in [4.78, 5) is 89.6. The molecule has 1 aliphatic heterocycles. The topological polar surface area (TPSA) is 375 Å². The van der Waals surface area contributed by atoms with E-state index in [2.05, 4.69) is 31.3 Å². The monoisotopic (exact) mass is 803 g/mol. The van der Waals surface area contributed by atoms with Crippen molar-refractivity contribution in [3.05, 3.63) is 29.8 Å². The van der Waals surface area contributed by atoms with Gasteiger partial charge in [-0.15, -0.1) is 0 Å². The highest BCUT2D eigenvalue weighted by Gasteiger charge is 2.40. The molecule has 1 aromatic carbocycles. The Hall–Kier alpha value is -5.70. The number of aliphatic hydroxyl groups excluding tert-OH is 1. The zero-order chi connectivity index (χ0) is 42.8. The SMILES string of the molecule is CC(C)C[C@H](N)C(=O)N[C@H](C(=O)N[C@@H](CCCN=C(N)N)C(=O)N1CCC[C@H]1C(=O)N[C@@H](CCCN=C(N)N)C(=O)N[C@@H](Cc1ccc(O)cc1)C(N)=O)[C@@H](C)O. The van der Waals surface area contributed by atoms with Crippen molar-refractivity contribution < 1.29 is 39.0 Å². The van der Waals surface area contributed by atoms with E-state index in [1.807, 2.05) is 13.8 Å². The number of primary amides is 1. The van der Waals surface area contributed by atoms with Crippen molar-refractivity contribution in [2.45, 2.75) is 114 Å². The Morgan fingerprint density at radius 3 is 1.88 bits per heavy atom. The molecular formula is C36H61N13O8. The summed E-state index contributed by atoms with van der Waals surface area (Å²) in [5, 5.41) is 30.5. The fourth-order valence-corrected chi connectivity index (χ4v) is 6.21. The maximum absolute atomic E-state index is 14.2. The Kier molecular flexibility index (Phi) is 19.5. The van der Waals surface area contributed by atoms with E-state index < -0.39 is 77.8 Å². The van der Waals surface area contributed by atoms with Crippen LogP contribution in [0, 0.1) is 5.92 Å². The second-order valence-corrected chi connectivity index (χ2v) is 14.5. The molecule has 21 nitrogen and oxygen atoms in total. The number of amides is 6. The van der Waals surface area contributed by atoms with Gasteiger partial charge in [-0.1, -0.05) is 26.0 Å². The molecular weight excluding hydrogens is 742 g/mol. The third-order valence-electron chi connectivity index (χ3n) is 9.14. The van der Waals surface area contributed by atoms with Gasteiger partial charge in [0.05, 0.1) is 12.1 Å². The lowest BCUT2D eigenvalue weighted by Gasteiger charge is -2.31. The number of aliphatic hydroxyl groups is 1. The first-order chi connectivity index (χ1) is 26.8. The van der Waals surface area contributed by atoms with Crippen LogP contribution < -0.4 is 55.7 Å². The summed E-state index contributed by atoms with van der Waals surface area (Å²) in [5.74, 6) is -4.62. The van der Waals surface area contributed by atoms with Crippen molar-refractivity contribution in [1.82, 2.24) is 26.2 Å². The van der Waals surface area contributed by atoms with Crippen LogP contribution in [0.5, 0.6) is 5.75 Å². The first-order valence-corrected chi connectivity index (χ1v) is 18.9. The molecule has 0 saturated carbocycles. The fourth-order valence-electron chi connectivity index (χ4n) is 6.21. The van der Waals surface area contributed by atoms with Crippen LogP contribution in [-0.4, -0.2) is 124 Å². The minimum atomic E-state index is -1.46. The highest BCUT2D eigenvalue weighted by atomic mass is 16.3. The van der Waals surface area contributed by atoms with E-state index in [1.165, 1.54) is 24.0 Å². The van der Waals surface area contributed by atoms with Crippen LogP contribution >= 0.6 is 0 Å². The van der Waals surface area contributed by atoms with Crippen molar-refractivity contribution in [3.63, 3.8) is 0 Å². The molecule has 2 rings (SSSR count). The van der Waals surface area contributed by atoms with E-state index in [0.29, 0.717) is 18.4 Å². The molecule has 0 unspecified atom stereocenters. The number of aromatic hydroxyl groups is 1. The minimum absolute atomic E-state index is 0.00155. The number of rotatable bonds is 23.